The molecule has 2 rings (SSSR count). The molecule has 2 aliphatic rings. The van der Waals surface area contributed by atoms with Crippen LogP contribution in [0.25, 0.3) is 0 Å². The van der Waals surface area contributed by atoms with Gasteiger partial charge in [0.2, 0.25) is 9.84 Å². The van der Waals surface area contributed by atoms with E-state index in [4.69, 9.17) is 0 Å². The van der Waals surface area contributed by atoms with E-state index in [9.17, 15) is 13.2 Å². The fraction of sp³-hybridized carbons (Fsp3) is 0.900. The van der Waals surface area contributed by atoms with Crippen molar-refractivity contribution in [2.75, 3.05) is 18.8 Å². The van der Waals surface area contributed by atoms with Crippen molar-refractivity contribution in [3.8, 4) is 0 Å². The second-order valence-electron chi connectivity index (χ2n) is 4.62. The van der Waals surface area contributed by atoms with Crippen LogP contribution in [0.15, 0.2) is 0 Å². The van der Waals surface area contributed by atoms with Gasteiger partial charge in [-0.05, 0) is 12.8 Å². The van der Waals surface area contributed by atoms with Crippen molar-refractivity contribution in [1.82, 2.24) is 5.32 Å². The van der Waals surface area contributed by atoms with E-state index in [1.165, 1.54) is 0 Å². The van der Waals surface area contributed by atoms with Gasteiger partial charge in [0.25, 0.3) is 5.12 Å². The molecule has 1 heterocycles. The van der Waals surface area contributed by atoms with E-state index in [0.717, 1.165) is 32.1 Å². The summed E-state index contributed by atoms with van der Waals surface area (Å²) in [5.74, 6) is -0.0341. The van der Waals surface area contributed by atoms with Gasteiger partial charge in [0.15, 0.2) is 0 Å². The Balaban J connectivity index is 2.33. The zero-order chi connectivity index (χ0) is 10.9. The smallest absolute Gasteiger partial charge is 0.253 e. The lowest BCUT2D eigenvalue weighted by Crippen LogP contribution is -2.42. The van der Waals surface area contributed by atoms with Gasteiger partial charge in [-0.15, -0.1) is 0 Å². The molecule has 86 valence electrons. The minimum Gasteiger partial charge on any atom is -0.315 e. The maximum absolute atomic E-state index is 12.0. The van der Waals surface area contributed by atoms with E-state index >= 15 is 0 Å². The monoisotopic (exact) mass is 231 g/mol. The molecule has 1 N–H and O–H groups in total. The van der Waals surface area contributed by atoms with E-state index in [2.05, 4.69) is 5.32 Å². The van der Waals surface area contributed by atoms with E-state index in [1.54, 1.807) is 0 Å². The largest absolute Gasteiger partial charge is 0.315 e. The van der Waals surface area contributed by atoms with Gasteiger partial charge in [-0.1, -0.05) is 19.3 Å². The lowest BCUT2D eigenvalue weighted by atomic mass is 9.75. The number of nitrogens with one attached hydrogen (secondary N) is 1. The SMILES string of the molecule is O=C1C2(CCCCC2)CNCCS1(=O)=O. The van der Waals surface area contributed by atoms with Crippen molar-refractivity contribution in [2.45, 2.75) is 32.1 Å². The molecule has 0 unspecified atom stereocenters. The van der Waals surface area contributed by atoms with Gasteiger partial charge < -0.3 is 5.32 Å². The fourth-order valence-electron chi connectivity index (χ4n) is 2.64. The third kappa shape index (κ3) is 1.95. The van der Waals surface area contributed by atoms with Crippen LogP contribution in [0.1, 0.15) is 32.1 Å². The van der Waals surface area contributed by atoms with Gasteiger partial charge in [-0.2, -0.15) is 0 Å². The Bertz CT molecular complexity index is 355. The molecule has 1 spiro atoms. The van der Waals surface area contributed by atoms with Crippen molar-refractivity contribution >= 4 is 15.0 Å². The molecular formula is C10H17NO3S. The van der Waals surface area contributed by atoms with Crippen LogP contribution in [0.4, 0.5) is 0 Å². The predicted molar refractivity (Wildman–Crippen MR) is 57.2 cm³/mol. The summed E-state index contributed by atoms with van der Waals surface area (Å²) in [4.78, 5) is 12.0. The third-order valence-electron chi connectivity index (χ3n) is 3.54. The number of hydrogen-bond donors (Lipinski definition) is 1. The maximum atomic E-state index is 12.0. The first-order chi connectivity index (χ1) is 7.07. The molecule has 0 aromatic carbocycles. The Morgan fingerprint density at radius 3 is 2.47 bits per heavy atom. The second kappa shape index (κ2) is 3.87. The quantitative estimate of drug-likeness (QED) is 0.658. The van der Waals surface area contributed by atoms with Crippen molar-refractivity contribution < 1.29 is 13.2 Å². The van der Waals surface area contributed by atoms with E-state index in [-0.39, 0.29) is 5.75 Å². The third-order valence-corrected chi connectivity index (χ3v) is 5.28. The van der Waals surface area contributed by atoms with E-state index in [1.807, 2.05) is 0 Å². The molecule has 1 aliphatic heterocycles. The molecule has 15 heavy (non-hydrogen) atoms. The zero-order valence-corrected chi connectivity index (χ0v) is 9.61. The van der Waals surface area contributed by atoms with Crippen molar-refractivity contribution in [1.29, 1.82) is 0 Å². The normalized spacial score (nSPS) is 30.0. The molecule has 4 nitrogen and oxygen atoms in total. The molecule has 1 saturated heterocycles. The number of sulfone groups is 1. The predicted octanol–water partition coefficient (Wildman–Crippen LogP) is 0.482. The van der Waals surface area contributed by atoms with Gasteiger partial charge in [-0.3, -0.25) is 4.79 Å². The Labute approximate surface area is 90.3 Å². The topological polar surface area (TPSA) is 63.2 Å². The van der Waals surface area contributed by atoms with Crippen LogP contribution in [0.2, 0.25) is 0 Å². The number of rotatable bonds is 0. The second-order valence-corrected chi connectivity index (χ2v) is 6.63. The van der Waals surface area contributed by atoms with Crippen LogP contribution < -0.4 is 5.32 Å². The first kappa shape index (κ1) is 11.1. The maximum Gasteiger partial charge on any atom is 0.253 e. The molecule has 1 saturated carbocycles. The summed E-state index contributed by atoms with van der Waals surface area (Å²) >= 11 is 0. The Hall–Kier alpha value is -0.420. The summed E-state index contributed by atoms with van der Waals surface area (Å²) in [6, 6.07) is 0. The number of hydrogen-bond acceptors (Lipinski definition) is 4. The standard InChI is InChI=1S/C10H17NO3S/c12-9-10(4-2-1-3-5-10)8-11-6-7-15(9,13)14/h11H,1-8H2. The average molecular weight is 231 g/mol. The van der Waals surface area contributed by atoms with Gasteiger partial charge in [0.1, 0.15) is 0 Å². The zero-order valence-electron chi connectivity index (χ0n) is 8.79. The highest BCUT2D eigenvalue weighted by Crippen LogP contribution is 2.38. The molecule has 0 aromatic heterocycles. The summed E-state index contributed by atoms with van der Waals surface area (Å²) in [5, 5.41) is 2.59. The van der Waals surface area contributed by atoms with Gasteiger partial charge in [0, 0.05) is 13.1 Å². The van der Waals surface area contributed by atoms with Gasteiger partial charge in [0.05, 0.1) is 11.2 Å². The first-order valence-corrected chi connectivity index (χ1v) is 7.20. The Morgan fingerprint density at radius 1 is 1.13 bits per heavy atom. The molecule has 2 fully saturated rings. The van der Waals surface area contributed by atoms with Crippen molar-refractivity contribution in [3.05, 3.63) is 0 Å². The van der Waals surface area contributed by atoms with Gasteiger partial charge in [-0.25, -0.2) is 8.42 Å². The van der Waals surface area contributed by atoms with Crippen LogP contribution in [0.5, 0.6) is 0 Å². The fourth-order valence-corrected chi connectivity index (χ4v) is 4.17. The highest BCUT2D eigenvalue weighted by Gasteiger charge is 2.46. The molecule has 0 amide bonds. The van der Waals surface area contributed by atoms with Crippen molar-refractivity contribution in [3.63, 3.8) is 0 Å². The molecule has 0 atom stereocenters. The Kier molecular flexibility index (Phi) is 2.85. The van der Waals surface area contributed by atoms with Crippen molar-refractivity contribution in [2.24, 2.45) is 5.41 Å². The van der Waals surface area contributed by atoms with Crippen LogP contribution in [-0.4, -0.2) is 32.4 Å². The molecule has 1 aliphatic carbocycles. The molecule has 0 bridgehead atoms. The average Bonchev–Trinajstić information content (AvgIpc) is 2.33. The molecule has 5 heteroatoms. The summed E-state index contributed by atoms with van der Waals surface area (Å²) in [7, 11) is -3.51. The van der Waals surface area contributed by atoms with E-state index < -0.39 is 20.4 Å². The lowest BCUT2D eigenvalue weighted by Gasteiger charge is -2.33. The first-order valence-electron chi connectivity index (χ1n) is 5.55. The number of carbonyl (C=O) groups excluding carboxylic acids is 1. The van der Waals surface area contributed by atoms with Crippen LogP contribution >= 0.6 is 0 Å². The lowest BCUT2D eigenvalue weighted by molar-refractivity contribution is -0.121. The van der Waals surface area contributed by atoms with E-state index in [0.29, 0.717) is 13.1 Å². The Morgan fingerprint density at radius 2 is 1.80 bits per heavy atom. The highest BCUT2D eigenvalue weighted by molar-refractivity contribution is 8.06. The minimum absolute atomic E-state index is 0.0341. The van der Waals surface area contributed by atoms with Gasteiger partial charge >= 0.3 is 0 Å². The molecule has 0 radical (unpaired) electrons. The minimum atomic E-state index is -3.51. The van der Waals surface area contributed by atoms with Crippen LogP contribution in [0, 0.1) is 5.41 Å². The summed E-state index contributed by atoms with van der Waals surface area (Å²) in [5.41, 5.74) is -0.604. The van der Waals surface area contributed by atoms with Crippen LogP contribution in [0.3, 0.4) is 0 Å². The van der Waals surface area contributed by atoms with Crippen LogP contribution in [-0.2, 0) is 14.6 Å². The highest BCUT2D eigenvalue weighted by atomic mass is 32.2. The molecular weight excluding hydrogens is 214 g/mol. The summed E-state index contributed by atoms with van der Waals surface area (Å²) in [6.07, 6.45) is 4.54. The number of carbonyl (C=O) groups is 1. The summed E-state index contributed by atoms with van der Waals surface area (Å²) in [6.45, 7) is 0.959. The summed E-state index contributed by atoms with van der Waals surface area (Å²) < 4.78 is 23.4. The molecule has 0 aromatic rings.